The minimum atomic E-state index is -4.51. The summed E-state index contributed by atoms with van der Waals surface area (Å²) in [5, 5.41) is 3.39. The van der Waals surface area contributed by atoms with E-state index in [-0.39, 0.29) is 11.2 Å². The number of alkyl halides is 3. The second kappa shape index (κ2) is 7.73. The number of nitrogens with one attached hydrogen (secondary N) is 1. The van der Waals surface area contributed by atoms with Crippen LogP contribution in [0.15, 0.2) is 53.3 Å². The number of pyridine rings is 1. The Kier molecular flexibility index (Phi) is 5.50. The molecule has 0 aliphatic heterocycles. The van der Waals surface area contributed by atoms with Crippen molar-refractivity contribution in [3.63, 3.8) is 0 Å². The predicted molar refractivity (Wildman–Crippen MR) is 107 cm³/mol. The molecule has 1 atom stereocenters. The molecule has 3 rings (SSSR count). The molecule has 1 aromatic heterocycles. The SMILES string of the molecule is CCC(C(=O)Nc1cccc(C(F)(F)F)c1)n1c(=O)cc(C)c2cccc(C)c21. The minimum absolute atomic E-state index is 0.0319. The molecule has 29 heavy (non-hydrogen) atoms. The zero-order valence-corrected chi connectivity index (χ0v) is 16.3. The molecule has 4 nitrogen and oxygen atoms in total. The van der Waals surface area contributed by atoms with Crippen molar-refractivity contribution in [1.29, 1.82) is 0 Å². The molecule has 0 saturated carbocycles. The Labute approximate surface area is 166 Å². The van der Waals surface area contributed by atoms with Crippen LogP contribution in [-0.2, 0) is 11.0 Å². The summed E-state index contributed by atoms with van der Waals surface area (Å²) >= 11 is 0. The zero-order valence-electron chi connectivity index (χ0n) is 16.3. The topological polar surface area (TPSA) is 51.1 Å². The van der Waals surface area contributed by atoms with Gasteiger partial charge in [0.15, 0.2) is 0 Å². The largest absolute Gasteiger partial charge is 0.416 e. The third kappa shape index (κ3) is 4.04. The first-order valence-corrected chi connectivity index (χ1v) is 9.23. The first-order valence-electron chi connectivity index (χ1n) is 9.23. The highest BCUT2D eigenvalue weighted by Crippen LogP contribution is 2.31. The van der Waals surface area contributed by atoms with Gasteiger partial charge in [0.1, 0.15) is 6.04 Å². The van der Waals surface area contributed by atoms with E-state index in [1.807, 2.05) is 32.0 Å². The lowest BCUT2D eigenvalue weighted by Gasteiger charge is -2.22. The van der Waals surface area contributed by atoms with Crippen LogP contribution in [0.25, 0.3) is 10.9 Å². The van der Waals surface area contributed by atoms with Crippen molar-refractivity contribution in [2.75, 3.05) is 5.32 Å². The summed E-state index contributed by atoms with van der Waals surface area (Å²) in [5.41, 5.74) is 1.16. The summed E-state index contributed by atoms with van der Waals surface area (Å²) in [4.78, 5) is 25.7. The van der Waals surface area contributed by atoms with E-state index in [0.29, 0.717) is 11.9 Å². The van der Waals surface area contributed by atoms with Crippen molar-refractivity contribution < 1.29 is 18.0 Å². The van der Waals surface area contributed by atoms with E-state index in [2.05, 4.69) is 5.32 Å². The van der Waals surface area contributed by atoms with Crippen LogP contribution in [0.2, 0.25) is 0 Å². The number of nitrogens with zero attached hydrogens (tertiary/aromatic N) is 1. The number of hydrogen-bond donors (Lipinski definition) is 1. The molecule has 152 valence electrons. The van der Waals surface area contributed by atoms with E-state index in [9.17, 15) is 22.8 Å². The molecular weight excluding hydrogens is 381 g/mol. The number of anilines is 1. The number of amides is 1. The van der Waals surface area contributed by atoms with Crippen LogP contribution in [0.5, 0.6) is 0 Å². The maximum absolute atomic E-state index is 12.9. The summed E-state index contributed by atoms with van der Waals surface area (Å²) in [5.74, 6) is -0.540. The summed E-state index contributed by atoms with van der Waals surface area (Å²) < 4.78 is 40.3. The normalized spacial score (nSPS) is 12.8. The predicted octanol–water partition coefficient (Wildman–Crippen LogP) is 5.23. The van der Waals surface area contributed by atoms with Crippen molar-refractivity contribution in [3.05, 3.63) is 75.6 Å². The Morgan fingerprint density at radius 3 is 2.41 bits per heavy atom. The van der Waals surface area contributed by atoms with Gasteiger partial charge >= 0.3 is 6.18 Å². The van der Waals surface area contributed by atoms with Crippen LogP contribution in [-0.4, -0.2) is 10.5 Å². The Morgan fingerprint density at radius 2 is 1.76 bits per heavy atom. The average molecular weight is 402 g/mol. The highest BCUT2D eigenvalue weighted by atomic mass is 19.4. The van der Waals surface area contributed by atoms with Gasteiger partial charge in [-0.15, -0.1) is 0 Å². The van der Waals surface area contributed by atoms with Crippen LogP contribution in [0.1, 0.15) is 36.1 Å². The summed E-state index contributed by atoms with van der Waals surface area (Å²) in [6, 6.07) is 10.7. The lowest BCUT2D eigenvalue weighted by molar-refractivity contribution is -0.137. The van der Waals surface area contributed by atoms with Crippen molar-refractivity contribution in [2.45, 2.75) is 39.4 Å². The zero-order chi connectivity index (χ0) is 21.3. The maximum Gasteiger partial charge on any atom is 0.416 e. The lowest BCUT2D eigenvalue weighted by atomic mass is 10.0. The van der Waals surface area contributed by atoms with Gasteiger partial charge in [0.05, 0.1) is 11.1 Å². The lowest BCUT2D eigenvalue weighted by Crippen LogP contribution is -2.33. The summed E-state index contributed by atoms with van der Waals surface area (Å²) in [6.45, 7) is 5.44. The minimum Gasteiger partial charge on any atom is -0.324 e. The molecule has 2 aromatic carbocycles. The molecule has 0 aliphatic carbocycles. The van der Waals surface area contributed by atoms with Crippen molar-refractivity contribution in [2.24, 2.45) is 0 Å². The molecule has 0 aliphatic rings. The number of halogens is 3. The van der Waals surface area contributed by atoms with Gasteiger partial charge in [0, 0.05) is 17.1 Å². The third-order valence-corrected chi connectivity index (χ3v) is 4.94. The van der Waals surface area contributed by atoms with Crippen molar-refractivity contribution in [3.8, 4) is 0 Å². The number of hydrogen-bond acceptors (Lipinski definition) is 2. The number of rotatable bonds is 4. The number of fused-ring (bicyclic) bond motifs is 1. The van der Waals surface area contributed by atoms with E-state index >= 15 is 0 Å². The third-order valence-electron chi connectivity index (χ3n) is 4.94. The van der Waals surface area contributed by atoms with Crippen molar-refractivity contribution in [1.82, 2.24) is 4.57 Å². The summed E-state index contributed by atoms with van der Waals surface area (Å²) in [6.07, 6.45) is -4.21. The summed E-state index contributed by atoms with van der Waals surface area (Å²) in [7, 11) is 0. The Balaban J connectivity index is 2.05. The molecule has 0 fully saturated rings. The molecular formula is C22H21F3N2O2. The van der Waals surface area contributed by atoms with Crippen LogP contribution in [0, 0.1) is 13.8 Å². The van der Waals surface area contributed by atoms with E-state index in [0.717, 1.165) is 28.6 Å². The number of carbonyl (C=O) groups excluding carboxylic acids is 1. The molecule has 0 spiro atoms. The van der Waals surface area contributed by atoms with Crippen molar-refractivity contribution >= 4 is 22.5 Å². The first-order chi connectivity index (χ1) is 13.6. The molecule has 1 heterocycles. The van der Waals surface area contributed by atoms with Crippen LogP contribution < -0.4 is 10.9 Å². The van der Waals surface area contributed by atoms with E-state index in [4.69, 9.17) is 0 Å². The highest BCUT2D eigenvalue weighted by Gasteiger charge is 2.31. The number of aromatic nitrogens is 1. The molecule has 0 radical (unpaired) electrons. The molecule has 1 amide bonds. The van der Waals surface area contributed by atoms with E-state index in [1.54, 1.807) is 6.92 Å². The monoisotopic (exact) mass is 402 g/mol. The number of aryl methyl sites for hydroxylation is 2. The Bertz CT molecular complexity index is 1130. The Morgan fingerprint density at radius 1 is 1.07 bits per heavy atom. The van der Waals surface area contributed by atoms with Gasteiger partial charge in [0.2, 0.25) is 5.91 Å². The molecule has 1 N–H and O–H groups in total. The van der Waals surface area contributed by atoms with Gasteiger partial charge < -0.3 is 5.32 Å². The average Bonchev–Trinajstić information content (AvgIpc) is 2.64. The quantitative estimate of drug-likeness (QED) is 0.650. The number of carbonyl (C=O) groups is 1. The fraction of sp³-hybridized carbons (Fsp3) is 0.273. The molecule has 0 saturated heterocycles. The van der Waals surface area contributed by atoms with Crippen LogP contribution >= 0.6 is 0 Å². The van der Waals surface area contributed by atoms with E-state index in [1.165, 1.54) is 22.8 Å². The van der Waals surface area contributed by atoms with Crippen LogP contribution in [0.3, 0.4) is 0 Å². The standard InChI is InChI=1S/C22H21F3N2O2/c1-4-18(21(29)26-16-9-6-8-15(12-16)22(23,24)25)27-19(28)11-14(3)17-10-5-7-13(2)20(17)27/h5-12,18H,4H2,1-3H3,(H,26,29). The van der Waals surface area contributed by atoms with Gasteiger partial charge in [-0.3, -0.25) is 14.2 Å². The smallest absolute Gasteiger partial charge is 0.324 e. The van der Waals surface area contributed by atoms with E-state index < -0.39 is 23.7 Å². The Hall–Kier alpha value is -3.09. The molecule has 7 heteroatoms. The molecule has 3 aromatic rings. The van der Waals surface area contributed by atoms with Gasteiger partial charge in [-0.05, 0) is 49.6 Å². The highest BCUT2D eigenvalue weighted by molar-refractivity contribution is 5.95. The molecule has 0 bridgehead atoms. The number of benzene rings is 2. The van der Waals surface area contributed by atoms with Gasteiger partial charge in [-0.25, -0.2) is 0 Å². The fourth-order valence-corrected chi connectivity index (χ4v) is 3.53. The van der Waals surface area contributed by atoms with Crippen LogP contribution in [0.4, 0.5) is 18.9 Å². The van der Waals surface area contributed by atoms with Gasteiger partial charge in [0.25, 0.3) is 5.56 Å². The molecule has 1 unspecified atom stereocenters. The maximum atomic E-state index is 12.9. The second-order valence-electron chi connectivity index (χ2n) is 7.00. The van der Waals surface area contributed by atoms with Gasteiger partial charge in [-0.1, -0.05) is 31.2 Å². The first kappa shape index (κ1) is 20.6. The second-order valence-corrected chi connectivity index (χ2v) is 7.00. The number of para-hydroxylation sites is 1. The fourth-order valence-electron chi connectivity index (χ4n) is 3.53. The van der Waals surface area contributed by atoms with Gasteiger partial charge in [-0.2, -0.15) is 13.2 Å².